The summed E-state index contributed by atoms with van der Waals surface area (Å²) in [6, 6.07) is 19.4. The van der Waals surface area contributed by atoms with Crippen LogP contribution in [-0.4, -0.2) is 17.2 Å². The number of fused-ring (bicyclic) bond motifs is 1. The van der Waals surface area contributed by atoms with Crippen LogP contribution in [0.5, 0.6) is 11.5 Å². The molecule has 27 heavy (non-hydrogen) atoms. The van der Waals surface area contributed by atoms with E-state index in [0.29, 0.717) is 28.3 Å². The Kier molecular flexibility index (Phi) is 4.43. The Balaban J connectivity index is 1.32. The lowest BCUT2D eigenvalue weighted by molar-refractivity contribution is -0.161. The first-order valence-electron chi connectivity index (χ1n) is 9.40. The molecule has 0 amide bonds. The molecule has 0 radical (unpaired) electrons. The number of rotatable bonds is 5. The van der Waals surface area contributed by atoms with Crippen molar-refractivity contribution in [1.82, 2.24) is 0 Å². The molecule has 2 aromatic rings. The predicted molar refractivity (Wildman–Crippen MR) is 103 cm³/mol. The van der Waals surface area contributed by atoms with Crippen molar-refractivity contribution in [3.8, 4) is 17.6 Å². The summed E-state index contributed by atoms with van der Waals surface area (Å²) in [7, 11) is 0. The van der Waals surface area contributed by atoms with E-state index in [0.717, 1.165) is 17.7 Å². The van der Waals surface area contributed by atoms with Crippen LogP contribution in [0.15, 0.2) is 54.6 Å². The highest BCUT2D eigenvalue weighted by Gasteiger charge is 2.60. The van der Waals surface area contributed by atoms with Gasteiger partial charge in [0.25, 0.3) is 0 Å². The van der Waals surface area contributed by atoms with E-state index in [-0.39, 0.29) is 12.4 Å². The van der Waals surface area contributed by atoms with Gasteiger partial charge in [-0.1, -0.05) is 46.3 Å². The van der Waals surface area contributed by atoms with E-state index in [1.54, 1.807) is 0 Å². The first kappa shape index (κ1) is 17.2. The van der Waals surface area contributed by atoms with Crippen molar-refractivity contribution in [3.63, 3.8) is 0 Å². The number of hydrogen-bond acceptors (Lipinski definition) is 4. The summed E-state index contributed by atoms with van der Waals surface area (Å²) in [5, 5.41) is 9.71. The maximum atomic E-state index is 9.71. The molecule has 7 atom stereocenters. The van der Waals surface area contributed by atoms with E-state index >= 15 is 0 Å². The van der Waals surface area contributed by atoms with Crippen molar-refractivity contribution < 1.29 is 14.2 Å². The minimum atomic E-state index is -0.667. The normalized spacial score (nSPS) is 34.4. The molecule has 1 aliphatic heterocycles. The molecular formula is C22H20BrNO3. The van der Waals surface area contributed by atoms with Crippen molar-refractivity contribution in [3.05, 3.63) is 60.2 Å². The highest BCUT2D eigenvalue weighted by Crippen LogP contribution is 2.59. The first-order valence-corrected chi connectivity index (χ1v) is 10.3. The molecule has 4 nitrogen and oxygen atoms in total. The Labute approximate surface area is 167 Å². The van der Waals surface area contributed by atoms with Crippen LogP contribution in [0.25, 0.3) is 0 Å². The molecule has 138 valence electrons. The Bertz CT molecular complexity index is 867. The van der Waals surface area contributed by atoms with Crippen LogP contribution in [0.2, 0.25) is 0 Å². The van der Waals surface area contributed by atoms with Crippen molar-refractivity contribution >= 4 is 15.9 Å². The van der Waals surface area contributed by atoms with Gasteiger partial charge >= 0.3 is 0 Å². The van der Waals surface area contributed by atoms with Gasteiger partial charge < -0.3 is 14.2 Å². The Morgan fingerprint density at radius 2 is 1.81 bits per heavy atom. The number of halogens is 1. The van der Waals surface area contributed by atoms with E-state index in [2.05, 4.69) is 22.0 Å². The summed E-state index contributed by atoms with van der Waals surface area (Å²) < 4.78 is 18.2. The molecule has 5 rings (SSSR count). The molecule has 3 fully saturated rings. The fraction of sp³-hybridized carbons (Fsp3) is 0.409. The van der Waals surface area contributed by atoms with Gasteiger partial charge in [0, 0.05) is 10.7 Å². The quantitative estimate of drug-likeness (QED) is 0.617. The van der Waals surface area contributed by atoms with Gasteiger partial charge in [-0.3, -0.25) is 0 Å². The zero-order chi connectivity index (χ0) is 18.4. The van der Waals surface area contributed by atoms with Gasteiger partial charge in [-0.2, -0.15) is 5.26 Å². The fourth-order valence-corrected chi connectivity index (χ4v) is 5.80. The predicted octanol–water partition coefficient (Wildman–Crippen LogP) is 5.20. The van der Waals surface area contributed by atoms with Crippen molar-refractivity contribution in [1.29, 1.82) is 5.26 Å². The molecule has 2 bridgehead atoms. The second kappa shape index (κ2) is 6.94. The van der Waals surface area contributed by atoms with Crippen molar-refractivity contribution in [2.24, 2.45) is 17.8 Å². The van der Waals surface area contributed by atoms with Gasteiger partial charge in [0.2, 0.25) is 0 Å². The molecule has 1 saturated heterocycles. The Morgan fingerprint density at radius 3 is 2.56 bits per heavy atom. The monoisotopic (exact) mass is 425 g/mol. The third-order valence-electron chi connectivity index (χ3n) is 6.05. The van der Waals surface area contributed by atoms with Crippen LogP contribution in [-0.2, 0) is 9.47 Å². The average Bonchev–Trinajstić information content (AvgIpc) is 3.32. The van der Waals surface area contributed by atoms with Crippen LogP contribution < -0.4 is 4.74 Å². The number of para-hydroxylation sites is 1. The molecule has 2 aromatic carbocycles. The number of benzene rings is 2. The molecular weight excluding hydrogens is 406 g/mol. The summed E-state index contributed by atoms with van der Waals surface area (Å²) >= 11 is 3.78. The lowest BCUT2D eigenvalue weighted by Crippen LogP contribution is -2.26. The average molecular weight is 426 g/mol. The zero-order valence-electron chi connectivity index (χ0n) is 14.7. The largest absolute Gasteiger partial charge is 0.457 e. The fourth-order valence-electron chi connectivity index (χ4n) is 4.85. The Hall–Kier alpha value is -1.87. The number of hydrogen-bond donors (Lipinski definition) is 0. The summed E-state index contributed by atoms with van der Waals surface area (Å²) in [4.78, 5) is 0.426. The number of ether oxygens (including phenoxy) is 3. The third kappa shape index (κ3) is 3.06. The maximum absolute atomic E-state index is 9.71. The van der Waals surface area contributed by atoms with Crippen molar-refractivity contribution in [2.45, 2.75) is 36.2 Å². The van der Waals surface area contributed by atoms with Crippen LogP contribution in [0, 0.1) is 29.1 Å². The van der Waals surface area contributed by atoms with Gasteiger partial charge in [-0.25, -0.2) is 0 Å². The minimum Gasteiger partial charge on any atom is -0.457 e. The first-order chi connectivity index (χ1) is 13.2. The molecule has 5 heteroatoms. The molecule has 3 aliphatic rings. The van der Waals surface area contributed by atoms with Gasteiger partial charge in [0.15, 0.2) is 12.4 Å². The summed E-state index contributed by atoms with van der Waals surface area (Å²) in [5.74, 6) is 3.11. The number of nitriles is 1. The molecule has 5 unspecified atom stereocenters. The lowest BCUT2D eigenvalue weighted by Gasteiger charge is -2.22. The lowest BCUT2D eigenvalue weighted by atomic mass is 9.89. The molecule has 1 heterocycles. The smallest absolute Gasteiger partial charge is 0.172 e. The van der Waals surface area contributed by atoms with Crippen molar-refractivity contribution in [2.75, 3.05) is 0 Å². The second-order valence-electron chi connectivity index (χ2n) is 7.61. The second-order valence-corrected chi connectivity index (χ2v) is 8.66. The van der Waals surface area contributed by atoms with E-state index in [9.17, 15) is 5.26 Å². The number of alkyl halides is 1. The van der Waals surface area contributed by atoms with E-state index in [4.69, 9.17) is 14.2 Å². The minimum absolute atomic E-state index is 0.228. The molecule has 2 saturated carbocycles. The van der Waals surface area contributed by atoms with Gasteiger partial charge in [-0.15, -0.1) is 0 Å². The molecule has 0 aromatic heterocycles. The maximum Gasteiger partial charge on any atom is 0.172 e. The van der Waals surface area contributed by atoms with Gasteiger partial charge in [-0.05, 0) is 54.5 Å². The highest BCUT2D eigenvalue weighted by molar-refractivity contribution is 9.09. The zero-order valence-corrected chi connectivity index (χ0v) is 16.3. The van der Waals surface area contributed by atoms with Crippen LogP contribution >= 0.6 is 15.9 Å². The standard InChI is InChI=1S/C22H20BrNO3/c23-20-14-10-17-18(11-14)22(27-21(17)20)26-19(12-24)13-5-4-8-16(9-13)25-15-6-2-1-3-7-15/h1-9,14,17-22H,10-11H2/t14?,17?,18?,19?,20-,21?,22-/m0/s1. The van der Waals surface area contributed by atoms with E-state index in [1.807, 2.05) is 54.6 Å². The third-order valence-corrected chi connectivity index (χ3v) is 7.32. The summed E-state index contributed by atoms with van der Waals surface area (Å²) in [6.07, 6.45) is 1.60. The van der Waals surface area contributed by atoms with E-state index in [1.165, 1.54) is 6.42 Å². The summed E-state index contributed by atoms with van der Waals surface area (Å²) in [6.45, 7) is 0. The molecule has 0 N–H and O–H groups in total. The van der Waals surface area contributed by atoms with Crippen LogP contribution in [0.4, 0.5) is 0 Å². The highest BCUT2D eigenvalue weighted by atomic mass is 79.9. The Morgan fingerprint density at radius 1 is 1.04 bits per heavy atom. The SMILES string of the molecule is N#CC(O[C@H]1OC2C3CC(CC31)[C@@H]2Br)c1cccc(Oc2ccccc2)c1. The van der Waals surface area contributed by atoms with E-state index < -0.39 is 6.10 Å². The van der Waals surface area contributed by atoms with Gasteiger partial charge in [0.05, 0.1) is 12.2 Å². The summed E-state index contributed by atoms with van der Waals surface area (Å²) in [5.41, 5.74) is 0.790. The topological polar surface area (TPSA) is 51.5 Å². The van der Waals surface area contributed by atoms with Gasteiger partial charge in [0.1, 0.15) is 11.5 Å². The number of nitrogens with zero attached hydrogens (tertiary/aromatic N) is 1. The van der Waals surface area contributed by atoms with Crippen LogP contribution in [0.1, 0.15) is 24.5 Å². The van der Waals surface area contributed by atoms with Crippen LogP contribution in [0.3, 0.4) is 0 Å². The molecule has 0 spiro atoms. The molecule has 2 aliphatic carbocycles.